The van der Waals surface area contributed by atoms with E-state index in [1.54, 1.807) is 24.2 Å². The summed E-state index contributed by atoms with van der Waals surface area (Å²) in [6.07, 6.45) is 3.45. The van der Waals surface area contributed by atoms with Crippen molar-refractivity contribution in [2.75, 3.05) is 17.6 Å². The number of benzene rings is 2. The lowest BCUT2D eigenvalue weighted by Gasteiger charge is -2.10. The average Bonchev–Trinajstić information content (AvgIpc) is 3.12. The molecule has 0 aliphatic carbocycles. The summed E-state index contributed by atoms with van der Waals surface area (Å²) in [6.45, 7) is 5.03. The van der Waals surface area contributed by atoms with Gasteiger partial charge in [-0.15, -0.1) is 23.1 Å². The number of aromatic carboxylic acids is 1. The van der Waals surface area contributed by atoms with Crippen LogP contribution in [0.25, 0.3) is 21.3 Å². The molecule has 0 unspecified atom stereocenters. The minimum absolute atomic E-state index is 0.331. The third-order valence-corrected chi connectivity index (χ3v) is 7.61. The van der Waals surface area contributed by atoms with E-state index in [9.17, 15) is 9.90 Å². The summed E-state index contributed by atoms with van der Waals surface area (Å²) in [7, 11) is 0. The molecule has 4 aromatic rings. The van der Waals surface area contributed by atoms with Gasteiger partial charge in [-0.2, -0.15) is 0 Å². The van der Waals surface area contributed by atoms with Crippen molar-refractivity contribution in [3.8, 4) is 11.3 Å². The fraction of sp³-hybridized carbons (Fsp3) is 0.240. The molecule has 7 heteroatoms. The van der Waals surface area contributed by atoms with Crippen molar-refractivity contribution in [1.82, 2.24) is 9.97 Å². The number of anilines is 1. The molecule has 0 atom stereocenters. The minimum Gasteiger partial charge on any atom is -0.478 e. The van der Waals surface area contributed by atoms with E-state index in [4.69, 9.17) is 0 Å². The molecule has 2 N–H and O–H groups in total. The largest absolute Gasteiger partial charge is 0.478 e. The maximum Gasteiger partial charge on any atom is 0.336 e. The molecule has 0 saturated heterocycles. The monoisotopic (exact) mass is 463 g/mol. The zero-order chi connectivity index (χ0) is 22.5. The predicted octanol–water partition coefficient (Wildman–Crippen LogP) is 6.52. The Labute approximate surface area is 195 Å². The van der Waals surface area contributed by atoms with Crippen LogP contribution in [0, 0.1) is 6.92 Å². The molecule has 2 heterocycles. The van der Waals surface area contributed by atoms with Gasteiger partial charge in [-0.3, -0.25) is 0 Å². The van der Waals surface area contributed by atoms with Crippen LogP contribution < -0.4 is 5.32 Å². The van der Waals surface area contributed by atoms with Gasteiger partial charge >= 0.3 is 5.97 Å². The van der Waals surface area contributed by atoms with Crippen LogP contribution in [0.5, 0.6) is 0 Å². The van der Waals surface area contributed by atoms with Crippen molar-refractivity contribution in [2.45, 2.75) is 31.6 Å². The van der Waals surface area contributed by atoms with Crippen LogP contribution >= 0.6 is 23.1 Å². The number of fused-ring (bicyclic) bond motifs is 1. The lowest BCUT2D eigenvalue weighted by molar-refractivity contribution is 0.0693. The van der Waals surface area contributed by atoms with Gasteiger partial charge in [0.15, 0.2) is 0 Å². The van der Waals surface area contributed by atoms with Crippen LogP contribution in [0.1, 0.15) is 34.1 Å². The Morgan fingerprint density at radius 1 is 1.16 bits per heavy atom. The normalized spacial score (nSPS) is 11.1. The van der Waals surface area contributed by atoms with Gasteiger partial charge in [0, 0.05) is 32.6 Å². The maximum absolute atomic E-state index is 11.6. The van der Waals surface area contributed by atoms with Crippen LogP contribution in [-0.2, 0) is 6.42 Å². The van der Waals surface area contributed by atoms with Gasteiger partial charge in [0.1, 0.15) is 12.1 Å². The molecular formula is C25H25N3O2S2. The molecule has 164 valence electrons. The van der Waals surface area contributed by atoms with Gasteiger partial charge in [0.2, 0.25) is 0 Å². The predicted molar refractivity (Wildman–Crippen MR) is 134 cm³/mol. The van der Waals surface area contributed by atoms with Crippen molar-refractivity contribution >= 4 is 45.0 Å². The molecule has 0 aliphatic heterocycles. The smallest absolute Gasteiger partial charge is 0.336 e. The number of thiophene rings is 1. The molecule has 0 fully saturated rings. The number of hydrogen-bond donors (Lipinski definition) is 2. The van der Waals surface area contributed by atoms with Crippen molar-refractivity contribution < 1.29 is 9.90 Å². The number of rotatable bonds is 9. The van der Waals surface area contributed by atoms with E-state index >= 15 is 0 Å². The van der Waals surface area contributed by atoms with Crippen LogP contribution in [0.3, 0.4) is 0 Å². The molecule has 0 bridgehead atoms. The topological polar surface area (TPSA) is 75.1 Å². The Kier molecular flexibility index (Phi) is 7.07. The Balaban J connectivity index is 1.50. The number of carboxylic acids is 1. The van der Waals surface area contributed by atoms with Gasteiger partial charge in [-0.1, -0.05) is 31.2 Å². The summed E-state index contributed by atoms with van der Waals surface area (Å²) in [5.74, 6) is 0.727. The maximum atomic E-state index is 11.6. The molecule has 0 aliphatic rings. The number of nitrogens with one attached hydrogen (secondary N) is 1. The van der Waals surface area contributed by atoms with Gasteiger partial charge in [0.25, 0.3) is 0 Å². The summed E-state index contributed by atoms with van der Waals surface area (Å²) in [6, 6.07) is 15.8. The summed E-state index contributed by atoms with van der Waals surface area (Å²) in [5, 5.41) is 14.2. The number of aromatic nitrogens is 2. The molecule has 0 radical (unpaired) electrons. The Hall–Kier alpha value is -2.90. The van der Waals surface area contributed by atoms with E-state index in [0.717, 1.165) is 47.1 Å². The van der Waals surface area contributed by atoms with Gasteiger partial charge < -0.3 is 10.4 Å². The van der Waals surface area contributed by atoms with E-state index in [0.29, 0.717) is 5.56 Å². The van der Waals surface area contributed by atoms with Crippen LogP contribution in [-0.4, -0.2) is 33.3 Å². The lowest BCUT2D eigenvalue weighted by atomic mass is 10.1. The number of thioether (sulfide) groups is 1. The second kappa shape index (κ2) is 10.1. The number of aryl methyl sites for hydroxylation is 1. The van der Waals surface area contributed by atoms with E-state index in [1.165, 1.54) is 20.5 Å². The quantitative estimate of drug-likeness (QED) is 0.275. The first kappa shape index (κ1) is 22.3. The van der Waals surface area contributed by atoms with Crippen molar-refractivity contribution in [3.63, 3.8) is 0 Å². The van der Waals surface area contributed by atoms with E-state index < -0.39 is 5.97 Å². The number of carbonyl (C=O) groups is 1. The molecule has 2 aromatic carbocycles. The summed E-state index contributed by atoms with van der Waals surface area (Å²) < 4.78 is 1.32. The molecule has 32 heavy (non-hydrogen) atoms. The number of carboxylic acid groups (broad SMARTS) is 1. The fourth-order valence-electron chi connectivity index (χ4n) is 3.65. The zero-order valence-corrected chi connectivity index (χ0v) is 19.7. The van der Waals surface area contributed by atoms with Gasteiger partial charge in [0.05, 0.1) is 11.3 Å². The van der Waals surface area contributed by atoms with Crippen LogP contribution in [0.2, 0.25) is 0 Å². The zero-order valence-electron chi connectivity index (χ0n) is 18.1. The highest BCUT2D eigenvalue weighted by molar-refractivity contribution is 7.99. The SMILES string of the molecule is CCCSc1cc(-c2cc(NCCc3c(C)sc4ccccc34)ncn2)ccc1C(=O)O. The summed E-state index contributed by atoms with van der Waals surface area (Å²) >= 11 is 3.40. The standard InChI is InChI=1S/C25H25N3O2S2/c1-3-12-31-23-13-17(8-9-20(23)25(29)30)21-14-24(28-15-27-21)26-11-10-18-16(2)32-22-7-5-4-6-19(18)22/h4-9,13-15H,3,10-12H2,1-2H3,(H,29,30)(H,26,27,28). The summed E-state index contributed by atoms with van der Waals surface area (Å²) in [5.41, 5.74) is 3.38. The molecule has 4 rings (SSSR count). The first-order chi connectivity index (χ1) is 15.6. The second-order valence-corrected chi connectivity index (χ2v) is 9.86. The van der Waals surface area contributed by atoms with Crippen molar-refractivity contribution in [1.29, 1.82) is 0 Å². The fourth-order valence-corrected chi connectivity index (χ4v) is 5.71. The average molecular weight is 464 g/mol. The second-order valence-electron chi connectivity index (χ2n) is 7.46. The Morgan fingerprint density at radius 3 is 2.81 bits per heavy atom. The highest BCUT2D eigenvalue weighted by Gasteiger charge is 2.13. The van der Waals surface area contributed by atoms with Gasteiger partial charge in [-0.05, 0) is 54.7 Å². The molecular weight excluding hydrogens is 438 g/mol. The molecule has 5 nitrogen and oxygen atoms in total. The van der Waals surface area contributed by atoms with Crippen LogP contribution in [0.15, 0.2) is 59.8 Å². The lowest BCUT2D eigenvalue weighted by Crippen LogP contribution is -2.07. The number of nitrogens with zero attached hydrogens (tertiary/aromatic N) is 2. The first-order valence-electron chi connectivity index (χ1n) is 10.6. The Morgan fingerprint density at radius 2 is 2.00 bits per heavy atom. The molecule has 0 saturated carbocycles. The number of hydrogen-bond acceptors (Lipinski definition) is 6. The Bertz CT molecular complexity index is 1250. The third-order valence-electron chi connectivity index (χ3n) is 5.22. The molecule has 0 spiro atoms. The van der Waals surface area contributed by atoms with E-state index in [-0.39, 0.29) is 0 Å². The summed E-state index contributed by atoms with van der Waals surface area (Å²) in [4.78, 5) is 22.5. The highest BCUT2D eigenvalue weighted by atomic mass is 32.2. The van der Waals surface area contributed by atoms with E-state index in [1.807, 2.05) is 29.5 Å². The van der Waals surface area contributed by atoms with Gasteiger partial charge in [-0.25, -0.2) is 14.8 Å². The van der Waals surface area contributed by atoms with E-state index in [2.05, 4.69) is 53.4 Å². The minimum atomic E-state index is -0.906. The van der Waals surface area contributed by atoms with Crippen LogP contribution in [0.4, 0.5) is 5.82 Å². The molecule has 2 aromatic heterocycles. The first-order valence-corrected chi connectivity index (χ1v) is 12.4. The highest BCUT2D eigenvalue weighted by Crippen LogP contribution is 2.31. The van der Waals surface area contributed by atoms with Crippen molar-refractivity contribution in [3.05, 3.63) is 70.9 Å². The van der Waals surface area contributed by atoms with Crippen molar-refractivity contribution in [2.24, 2.45) is 0 Å². The third kappa shape index (κ3) is 4.95. The molecule has 0 amide bonds.